The highest BCUT2D eigenvalue weighted by molar-refractivity contribution is 9.10. The number of hydrazone groups is 1. The standard InChI is InChI=1S/C28H23BrClN3O3/c1-18(32-28(35)23-8-4-5-9-25(23)29)27(34)33-31-16-24-22-7-3-2-6-20(22)12-15-26(24)36-17-19-10-13-21(30)14-11-19/h2-16,18H,17H2,1H3,(H,32,35)(H,33,34). The summed E-state index contributed by atoms with van der Waals surface area (Å²) in [7, 11) is 0. The molecule has 0 fully saturated rings. The lowest BCUT2D eigenvalue weighted by Crippen LogP contribution is -2.43. The molecule has 0 saturated heterocycles. The number of amides is 2. The second-order valence-corrected chi connectivity index (χ2v) is 9.31. The van der Waals surface area contributed by atoms with Gasteiger partial charge in [0.15, 0.2) is 0 Å². The molecule has 0 spiro atoms. The lowest BCUT2D eigenvalue weighted by atomic mass is 10.0. The monoisotopic (exact) mass is 563 g/mol. The fraction of sp³-hybridized carbons (Fsp3) is 0.107. The van der Waals surface area contributed by atoms with Crippen molar-refractivity contribution in [2.24, 2.45) is 5.10 Å². The molecule has 182 valence electrons. The first-order chi connectivity index (χ1) is 17.4. The number of halogens is 2. The van der Waals surface area contributed by atoms with Crippen LogP contribution in [0.1, 0.15) is 28.4 Å². The molecule has 6 nitrogen and oxygen atoms in total. The number of ether oxygens (including phenoxy) is 1. The molecule has 0 aliphatic carbocycles. The molecule has 0 heterocycles. The van der Waals surface area contributed by atoms with E-state index in [1.54, 1.807) is 31.3 Å². The van der Waals surface area contributed by atoms with Crippen molar-refractivity contribution in [2.45, 2.75) is 19.6 Å². The first-order valence-corrected chi connectivity index (χ1v) is 12.4. The van der Waals surface area contributed by atoms with E-state index in [4.69, 9.17) is 16.3 Å². The zero-order valence-corrected chi connectivity index (χ0v) is 21.7. The van der Waals surface area contributed by atoms with Gasteiger partial charge in [0.1, 0.15) is 18.4 Å². The molecular weight excluding hydrogens is 542 g/mol. The van der Waals surface area contributed by atoms with Gasteiger partial charge >= 0.3 is 0 Å². The van der Waals surface area contributed by atoms with Gasteiger partial charge in [0, 0.05) is 15.1 Å². The average Bonchev–Trinajstić information content (AvgIpc) is 2.89. The molecule has 2 amide bonds. The summed E-state index contributed by atoms with van der Waals surface area (Å²) in [6.45, 7) is 1.94. The summed E-state index contributed by atoms with van der Waals surface area (Å²) >= 11 is 9.32. The summed E-state index contributed by atoms with van der Waals surface area (Å²) in [6.07, 6.45) is 1.56. The van der Waals surface area contributed by atoms with Crippen molar-refractivity contribution in [1.29, 1.82) is 0 Å². The number of benzene rings is 4. The summed E-state index contributed by atoms with van der Waals surface area (Å²) in [5.41, 5.74) is 4.65. The fourth-order valence-electron chi connectivity index (χ4n) is 3.52. The van der Waals surface area contributed by atoms with Crippen molar-refractivity contribution in [3.63, 3.8) is 0 Å². The maximum Gasteiger partial charge on any atom is 0.262 e. The fourth-order valence-corrected chi connectivity index (χ4v) is 4.11. The smallest absolute Gasteiger partial charge is 0.262 e. The van der Waals surface area contributed by atoms with Gasteiger partial charge in [0.05, 0.1) is 11.8 Å². The van der Waals surface area contributed by atoms with Gasteiger partial charge in [-0.2, -0.15) is 5.10 Å². The first-order valence-electron chi connectivity index (χ1n) is 11.2. The maximum absolute atomic E-state index is 12.6. The van der Waals surface area contributed by atoms with Crippen molar-refractivity contribution in [2.75, 3.05) is 0 Å². The van der Waals surface area contributed by atoms with E-state index in [0.717, 1.165) is 21.9 Å². The van der Waals surface area contributed by atoms with Gasteiger partial charge in [-0.1, -0.05) is 66.2 Å². The van der Waals surface area contributed by atoms with Crippen LogP contribution in [0.15, 0.2) is 94.5 Å². The van der Waals surface area contributed by atoms with E-state index in [9.17, 15) is 9.59 Å². The maximum atomic E-state index is 12.6. The Balaban J connectivity index is 1.47. The van der Waals surface area contributed by atoms with Crippen LogP contribution in [-0.2, 0) is 11.4 Å². The van der Waals surface area contributed by atoms with Crippen LogP contribution < -0.4 is 15.5 Å². The zero-order chi connectivity index (χ0) is 25.5. The molecule has 0 saturated carbocycles. The van der Waals surface area contributed by atoms with Crippen LogP contribution in [0.2, 0.25) is 5.02 Å². The number of hydrogen-bond acceptors (Lipinski definition) is 4. The number of carbonyl (C=O) groups excluding carboxylic acids is 2. The predicted octanol–water partition coefficient (Wildman–Crippen LogP) is 6.10. The van der Waals surface area contributed by atoms with Crippen molar-refractivity contribution in [1.82, 2.24) is 10.7 Å². The molecule has 0 bridgehead atoms. The summed E-state index contributed by atoms with van der Waals surface area (Å²) in [6, 6.07) is 25.3. The Bertz CT molecular complexity index is 1420. The highest BCUT2D eigenvalue weighted by Gasteiger charge is 2.17. The van der Waals surface area contributed by atoms with Gasteiger partial charge in [-0.3, -0.25) is 9.59 Å². The summed E-state index contributed by atoms with van der Waals surface area (Å²) in [5.74, 6) is -0.187. The summed E-state index contributed by atoms with van der Waals surface area (Å²) in [5, 5.41) is 9.44. The molecular formula is C28H23BrClN3O3. The molecule has 0 aliphatic heterocycles. The van der Waals surface area contributed by atoms with Gasteiger partial charge in [-0.05, 0) is 69.5 Å². The van der Waals surface area contributed by atoms with E-state index in [1.807, 2.05) is 66.7 Å². The second kappa shape index (κ2) is 11.8. The Labute approximate surface area is 222 Å². The van der Waals surface area contributed by atoms with E-state index in [0.29, 0.717) is 27.4 Å². The Morgan fingerprint density at radius 1 is 1.00 bits per heavy atom. The quantitative estimate of drug-likeness (QED) is 0.200. The van der Waals surface area contributed by atoms with Crippen LogP contribution in [0.25, 0.3) is 10.8 Å². The molecule has 1 unspecified atom stereocenters. The summed E-state index contributed by atoms with van der Waals surface area (Å²) in [4.78, 5) is 25.1. The van der Waals surface area contributed by atoms with Gasteiger partial charge in [0.2, 0.25) is 0 Å². The third-order valence-electron chi connectivity index (χ3n) is 5.47. The van der Waals surface area contributed by atoms with Gasteiger partial charge in [-0.25, -0.2) is 5.43 Å². The Kier molecular flexibility index (Phi) is 8.36. The second-order valence-electron chi connectivity index (χ2n) is 8.02. The number of carbonyl (C=O) groups is 2. The minimum Gasteiger partial charge on any atom is -0.488 e. The average molecular weight is 565 g/mol. The van der Waals surface area contributed by atoms with E-state index in [2.05, 4.69) is 31.8 Å². The molecule has 0 radical (unpaired) electrons. The molecule has 1 atom stereocenters. The Hall–Kier alpha value is -3.68. The van der Waals surface area contributed by atoms with Gasteiger partial charge in [-0.15, -0.1) is 0 Å². The van der Waals surface area contributed by atoms with Gasteiger partial charge in [0.25, 0.3) is 11.8 Å². The van der Waals surface area contributed by atoms with Crippen molar-refractivity contribution in [3.05, 3.63) is 111 Å². The summed E-state index contributed by atoms with van der Waals surface area (Å²) < 4.78 is 6.73. The number of hydrogen-bond donors (Lipinski definition) is 2. The lowest BCUT2D eigenvalue weighted by Gasteiger charge is -2.14. The highest BCUT2D eigenvalue weighted by atomic mass is 79.9. The minimum atomic E-state index is -0.796. The lowest BCUT2D eigenvalue weighted by molar-refractivity contribution is -0.122. The van der Waals surface area contributed by atoms with Crippen molar-refractivity contribution >= 4 is 56.3 Å². The van der Waals surface area contributed by atoms with Crippen molar-refractivity contribution < 1.29 is 14.3 Å². The van der Waals surface area contributed by atoms with Gasteiger partial charge < -0.3 is 10.1 Å². The third-order valence-corrected chi connectivity index (χ3v) is 6.41. The van der Waals surface area contributed by atoms with Crippen molar-refractivity contribution in [3.8, 4) is 5.75 Å². The normalized spacial score (nSPS) is 11.9. The minimum absolute atomic E-state index is 0.348. The molecule has 36 heavy (non-hydrogen) atoms. The zero-order valence-electron chi connectivity index (χ0n) is 19.4. The molecule has 4 aromatic rings. The molecule has 8 heteroatoms. The third kappa shape index (κ3) is 6.30. The molecule has 4 aromatic carbocycles. The van der Waals surface area contributed by atoms with Crippen LogP contribution in [0.3, 0.4) is 0 Å². The Morgan fingerprint density at radius 3 is 2.50 bits per heavy atom. The van der Waals surface area contributed by atoms with Crippen LogP contribution in [0.5, 0.6) is 5.75 Å². The van der Waals surface area contributed by atoms with Crippen LogP contribution >= 0.6 is 27.5 Å². The Morgan fingerprint density at radius 2 is 1.72 bits per heavy atom. The molecule has 0 aliphatic rings. The first kappa shape index (κ1) is 25.4. The number of fused-ring (bicyclic) bond motifs is 1. The number of rotatable bonds is 8. The SMILES string of the molecule is CC(NC(=O)c1ccccc1Br)C(=O)NN=Cc1c(OCc2ccc(Cl)cc2)ccc2ccccc12. The van der Waals surface area contributed by atoms with Crippen LogP contribution in [0, 0.1) is 0 Å². The molecule has 4 rings (SSSR count). The predicted molar refractivity (Wildman–Crippen MR) is 147 cm³/mol. The van der Waals surface area contributed by atoms with Crippen LogP contribution in [0.4, 0.5) is 0 Å². The number of nitrogens with one attached hydrogen (secondary N) is 2. The highest BCUT2D eigenvalue weighted by Crippen LogP contribution is 2.27. The van der Waals surface area contributed by atoms with E-state index >= 15 is 0 Å². The van der Waals surface area contributed by atoms with E-state index in [1.165, 1.54) is 0 Å². The molecule has 0 aromatic heterocycles. The van der Waals surface area contributed by atoms with E-state index in [-0.39, 0.29) is 5.91 Å². The van der Waals surface area contributed by atoms with E-state index < -0.39 is 11.9 Å². The number of nitrogens with zero attached hydrogens (tertiary/aromatic N) is 1. The molecule has 2 N–H and O–H groups in total. The van der Waals surface area contributed by atoms with Crippen LogP contribution in [-0.4, -0.2) is 24.1 Å². The largest absolute Gasteiger partial charge is 0.488 e. The topological polar surface area (TPSA) is 79.8 Å².